The van der Waals surface area contributed by atoms with Gasteiger partial charge in [0.05, 0.1) is 5.92 Å². The van der Waals surface area contributed by atoms with Crippen molar-refractivity contribution in [1.29, 1.82) is 0 Å². The van der Waals surface area contributed by atoms with Crippen LogP contribution in [0.2, 0.25) is 0 Å². The van der Waals surface area contributed by atoms with Gasteiger partial charge in [-0.25, -0.2) is 4.79 Å². The van der Waals surface area contributed by atoms with E-state index in [1.165, 1.54) is 5.56 Å². The Morgan fingerprint density at radius 1 is 1.00 bits per heavy atom. The molecule has 1 aromatic carbocycles. The zero-order chi connectivity index (χ0) is 16.2. The lowest BCUT2D eigenvalue weighted by Crippen LogP contribution is -2.48. The summed E-state index contributed by atoms with van der Waals surface area (Å²) in [6, 6.07) is 7.92. The zero-order valence-corrected chi connectivity index (χ0v) is 13.8. The number of carbonyl (C=O) groups excluding carboxylic acids is 2. The number of nitrogens with one attached hydrogen (secondary N) is 1. The number of aryl methyl sites for hydroxylation is 1. The SMILES string of the molecule is Cc1ccc(NC(=O)[C@H]2CCCN(C(=O)N3CCCC3)C2)cc1. The van der Waals surface area contributed by atoms with Crippen LogP contribution in [0.3, 0.4) is 0 Å². The molecule has 5 nitrogen and oxygen atoms in total. The number of likely N-dealkylation sites (tertiary alicyclic amines) is 2. The van der Waals surface area contributed by atoms with E-state index in [1.807, 2.05) is 41.0 Å². The van der Waals surface area contributed by atoms with Crippen molar-refractivity contribution < 1.29 is 9.59 Å². The highest BCUT2D eigenvalue weighted by Crippen LogP contribution is 2.21. The Morgan fingerprint density at radius 3 is 2.35 bits per heavy atom. The fourth-order valence-electron chi connectivity index (χ4n) is 3.35. The molecule has 0 unspecified atom stereocenters. The van der Waals surface area contributed by atoms with Crippen LogP contribution in [0, 0.1) is 12.8 Å². The topological polar surface area (TPSA) is 52.7 Å². The quantitative estimate of drug-likeness (QED) is 0.912. The molecular formula is C18H25N3O2. The van der Waals surface area contributed by atoms with E-state index in [4.69, 9.17) is 0 Å². The first-order valence-corrected chi connectivity index (χ1v) is 8.55. The van der Waals surface area contributed by atoms with E-state index < -0.39 is 0 Å². The van der Waals surface area contributed by atoms with Gasteiger partial charge >= 0.3 is 6.03 Å². The molecule has 2 saturated heterocycles. The van der Waals surface area contributed by atoms with E-state index in [-0.39, 0.29) is 17.9 Å². The molecule has 1 atom stereocenters. The Kier molecular flexibility index (Phi) is 4.84. The van der Waals surface area contributed by atoms with Gasteiger partial charge in [-0.1, -0.05) is 17.7 Å². The number of rotatable bonds is 2. The number of hydrogen-bond acceptors (Lipinski definition) is 2. The Balaban J connectivity index is 1.57. The lowest BCUT2D eigenvalue weighted by molar-refractivity contribution is -0.121. The van der Waals surface area contributed by atoms with Crippen LogP contribution < -0.4 is 5.32 Å². The number of nitrogens with zero attached hydrogens (tertiary/aromatic N) is 2. The molecule has 2 aliphatic rings. The Hall–Kier alpha value is -2.04. The zero-order valence-electron chi connectivity index (χ0n) is 13.8. The number of urea groups is 1. The molecule has 3 rings (SSSR count). The number of benzene rings is 1. The number of amides is 3. The predicted octanol–water partition coefficient (Wildman–Crippen LogP) is 2.86. The molecule has 1 aromatic rings. The van der Waals surface area contributed by atoms with Gasteiger partial charge in [0.25, 0.3) is 0 Å². The molecule has 0 saturated carbocycles. The third-order valence-electron chi connectivity index (χ3n) is 4.76. The minimum absolute atomic E-state index is 0.0211. The molecule has 2 fully saturated rings. The molecular weight excluding hydrogens is 290 g/mol. The largest absolute Gasteiger partial charge is 0.326 e. The number of carbonyl (C=O) groups is 2. The maximum absolute atomic E-state index is 12.5. The van der Waals surface area contributed by atoms with Crippen LogP contribution in [0.15, 0.2) is 24.3 Å². The summed E-state index contributed by atoms with van der Waals surface area (Å²) < 4.78 is 0. The number of anilines is 1. The molecule has 3 amide bonds. The van der Waals surface area contributed by atoms with Gasteiger partial charge in [0.2, 0.25) is 5.91 Å². The monoisotopic (exact) mass is 315 g/mol. The van der Waals surface area contributed by atoms with Gasteiger partial charge < -0.3 is 15.1 Å². The predicted molar refractivity (Wildman–Crippen MR) is 90.3 cm³/mol. The molecule has 0 aromatic heterocycles. The first kappa shape index (κ1) is 15.8. The maximum atomic E-state index is 12.5. The summed E-state index contributed by atoms with van der Waals surface area (Å²) >= 11 is 0. The van der Waals surface area contributed by atoms with Crippen molar-refractivity contribution in [1.82, 2.24) is 9.80 Å². The van der Waals surface area contributed by atoms with Crippen molar-refractivity contribution in [2.45, 2.75) is 32.6 Å². The Labute approximate surface area is 137 Å². The second kappa shape index (κ2) is 7.02. The van der Waals surface area contributed by atoms with Gasteiger partial charge in [-0.3, -0.25) is 4.79 Å². The van der Waals surface area contributed by atoms with E-state index >= 15 is 0 Å². The first-order valence-electron chi connectivity index (χ1n) is 8.55. The van der Waals surface area contributed by atoms with Crippen LogP contribution in [0.4, 0.5) is 10.5 Å². The van der Waals surface area contributed by atoms with E-state index in [0.717, 1.165) is 51.0 Å². The van der Waals surface area contributed by atoms with Gasteiger partial charge in [-0.05, 0) is 44.7 Å². The molecule has 0 spiro atoms. The third-order valence-corrected chi connectivity index (χ3v) is 4.76. The maximum Gasteiger partial charge on any atom is 0.320 e. The Bertz CT molecular complexity index is 564. The smallest absolute Gasteiger partial charge is 0.320 e. The summed E-state index contributed by atoms with van der Waals surface area (Å²) in [5.41, 5.74) is 1.99. The van der Waals surface area contributed by atoms with Crippen LogP contribution in [-0.4, -0.2) is 47.9 Å². The minimum Gasteiger partial charge on any atom is -0.326 e. The highest BCUT2D eigenvalue weighted by atomic mass is 16.2. The summed E-state index contributed by atoms with van der Waals surface area (Å²) in [4.78, 5) is 28.7. The van der Waals surface area contributed by atoms with Gasteiger partial charge in [0.1, 0.15) is 0 Å². The molecule has 23 heavy (non-hydrogen) atoms. The average molecular weight is 315 g/mol. The lowest BCUT2D eigenvalue weighted by Gasteiger charge is -2.34. The molecule has 2 aliphatic heterocycles. The summed E-state index contributed by atoms with van der Waals surface area (Å²) in [5, 5.41) is 2.98. The van der Waals surface area contributed by atoms with E-state index in [2.05, 4.69) is 5.32 Å². The number of hydrogen-bond donors (Lipinski definition) is 1. The lowest BCUT2D eigenvalue weighted by atomic mass is 9.97. The fraction of sp³-hybridized carbons (Fsp3) is 0.556. The number of piperidine rings is 1. The third kappa shape index (κ3) is 3.84. The van der Waals surface area contributed by atoms with Crippen molar-refractivity contribution in [2.24, 2.45) is 5.92 Å². The van der Waals surface area contributed by atoms with Crippen LogP contribution >= 0.6 is 0 Å². The highest BCUT2D eigenvalue weighted by Gasteiger charge is 2.31. The summed E-state index contributed by atoms with van der Waals surface area (Å²) in [7, 11) is 0. The van der Waals surface area contributed by atoms with Crippen LogP contribution in [-0.2, 0) is 4.79 Å². The summed E-state index contributed by atoms with van der Waals surface area (Å²) in [5.74, 6) is -0.0932. The van der Waals surface area contributed by atoms with Crippen LogP contribution in [0.5, 0.6) is 0 Å². The van der Waals surface area contributed by atoms with E-state index in [0.29, 0.717) is 6.54 Å². The van der Waals surface area contributed by atoms with E-state index in [1.54, 1.807) is 0 Å². The minimum atomic E-state index is -0.114. The van der Waals surface area contributed by atoms with Crippen molar-refractivity contribution in [3.63, 3.8) is 0 Å². The van der Waals surface area contributed by atoms with E-state index in [9.17, 15) is 9.59 Å². The van der Waals surface area contributed by atoms with Gasteiger partial charge in [0.15, 0.2) is 0 Å². The van der Waals surface area contributed by atoms with Gasteiger partial charge in [-0.15, -0.1) is 0 Å². The summed E-state index contributed by atoms with van der Waals surface area (Å²) in [6.07, 6.45) is 3.93. The normalized spacial score (nSPS) is 21.3. The fourth-order valence-corrected chi connectivity index (χ4v) is 3.35. The van der Waals surface area contributed by atoms with Crippen molar-refractivity contribution in [3.05, 3.63) is 29.8 Å². The van der Waals surface area contributed by atoms with Crippen LogP contribution in [0.25, 0.3) is 0 Å². The second-order valence-corrected chi connectivity index (χ2v) is 6.62. The second-order valence-electron chi connectivity index (χ2n) is 6.62. The van der Waals surface area contributed by atoms with Gasteiger partial charge in [-0.2, -0.15) is 0 Å². The summed E-state index contributed by atoms with van der Waals surface area (Å²) in [6.45, 7) is 5.04. The molecule has 0 radical (unpaired) electrons. The molecule has 5 heteroatoms. The standard InChI is InChI=1S/C18H25N3O2/c1-14-6-8-16(9-7-14)19-17(22)15-5-4-12-21(13-15)18(23)20-10-2-3-11-20/h6-9,15H,2-5,10-13H2,1H3,(H,19,22)/t15-/m0/s1. The molecule has 0 aliphatic carbocycles. The molecule has 0 bridgehead atoms. The van der Waals surface area contributed by atoms with Crippen molar-refractivity contribution in [3.8, 4) is 0 Å². The van der Waals surface area contributed by atoms with Crippen molar-refractivity contribution in [2.75, 3.05) is 31.5 Å². The molecule has 124 valence electrons. The highest BCUT2D eigenvalue weighted by molar-refractivity contribution is 5.93. The molecule has 1 N–H and O–H groups in total. The van der Waals surface area contributed by atoms with Crippen LogP contribution in [0.1, 0.15) is 31.2 Å². The first-order chi connectivity index (χ1) is 11.1. The van der Waals surface area contributed by atoms with Gasteiger partial charge in [0, 0.05) is 31.9 Å². The Morgan fingerprint density at radius 2 is 1.65 bits per heavy atom. The average Bonchev–Trinajstić information content (AvgIpc) is 3.11. The van der Waals surface area contributed by atoms with Crippen molar-refractivity contribution >= 4 is 17.6 Å². The molecule has 2 heterocycles.